The maximum Gasteiger partial charge on any atom is 0.240 e. The molecule has 0 unspecified atom stereocenters. The summed E-state index contributed by atoms with van der Waals surface area (Å²) in [4.78, 5) is 4.05. The lowest BCUT2D eigenvalue weighted by Gasteiger charge is -2.05. The van der Waals surface area contributed by atoms with Crippen molar-refractivity contribution in [2.75, 3.05) is 13.2 Å². The summed E-state index contributed by atoms with van der Waals surface area (Å²) in [5.74, 6) is 0. The van der Waals surface area contributed by atoms with Gasteiger partial charge in [-0.3, -0.25) is 4.39 Å². The molecule has 0 bridgehead atoms. The number of sulfonamides is 1. The van der Waals surface area contributed by atoms with Crippen LogP contribution >= 0.6 is 0 Å². The van der Waals surface area contributed by atoms with Crippen molar-refractivity contribution in [2.24, 2.45) is 0 Å². The number of rotatable bonds is 5. The number of aromatic nitrogens is 2. The molecule has 1 N–H and O–H groups in total. The number of alkyl halides is 1. The molecule has 92 valence electrons. The van der Waals surface area contributed by atoms with Crippen molar-refractivity contribution in [1.82, 2.24) is 14.1 Å². The zero-order valence-electron chi connectivity index (χ0n) is 9.01. The van der Waals surface area contributed by atoms with Crippen LogP contribution in [-0.2, 0) is 10.0 Å². The Kier molecular flexibility index (Phi) is 3.39. The molecule has 5 nitrogen and oxygen atoms in total. The van der Waals surface area contributed by atoms with Gasteiger partial charge in [-0.1, -0.05) is 0 Å². The van der Waals surface area contributed by atoms with E-state index in [0.29, 0.717) is 5.52 Å². The van der Waals surface area contributed by atoms with Gasteiger partial charge in [0, 0.05) is 12.7 Å². The Morgan fingerprint density at radius 1 is 1.47 bits per heavy atom. The molecule has 0 spiro atoms. The normalized spacial score (nSPS) is 12.1. The van der Waals surface area contributed by atoms with Crippen LogP contribution in [0, 0.1) is 0 Å². The zero-order chi connectivity index (χ0) is 12.3. The Hall–Kier alpha value is -1.47. The number of hydrogen-bond acceptors (Lipinski definition) is 3. The standard InChI is InChI=1S/C10H12FN3O2S/c11-3-1-4-13-17(15,16)10-2-5-14-8-12-7-9(14)6-10/h2,5-8,13H,1,3-4H2. The first kappa shape index (κ1) is 12.0. The van der Waals surface area contributed by atoms with E-state index >= 15 is 0 Å². The largest absolute Gasteiger partial charge is 0.306 e. The van der Waals surface area contributed by atoms with Gasteiger partial charge in [0.1, 0.15) is 0 Å². The van der Waals surface area contributed by atoms with Crippen LogP contribution in [0.2, 0.25) is 0 Å². The summed E-state index contributed by atoms with van der Waals surface area (Å²) in [7, 11) is -3.56. The summed E-state index contributed by atoms with van der Waals surface area (Å²) in [6, 6.07) is 3.00. The van der Waals surface area contributed by atoms with E-state index < -0.39 is 16.7 Å². The number of imidazole rings is 1. The molecular formula is C10H12FN3O2S. The van der Waals surface area contributed by atoms with Gasteiger partial charge in [-0.2, -0.15) is 0 Å². The van der Waals surface area contributed by atoms with Crippen molar-refractivity contribution in [3.05, 3.63) is 30.9 Å². The molecule has 0 aliphatic heterocycles. The van der Waals surface area contributed by atoms with Crippen molar-refractivity contribution in [3.8, 4) is 0 Å². The Morgan fingerprint density at radius 2 is 2.29 bits per heavy atom. The molecule has 0 aliphatic carbocycles. The van der Waals surface area contributed by atoms with Gasteiger partial charge in [-0.05, 0) is 18.6 Å². The van der Waals surface area contributed by atoms with E-state index in [4.69, 9.17) is 0 Å². The highest BCUT2D eigenvalue weighted by Gasteiger charge is 2.13. The number of nitrogens with zero attached hydrogens (tertiary/aromatic N) is 2. The third-order valence-corrected chi connectivity index (χ3v) is 3.76. The smallest absolute Gasteiger partial charge is 0.240 e. The minimum absolute atomic E-state index is 0.100. The van der Waals surface area contributed by atoms with E-state index in [-0.39, 0.29) is 17.9 Å². The molecule has 0 saturated carbocycles. The van der Waals surface area contributed by atoms with Gasteiger partial charge >= 0.3 is 0 Å². The number of nitrogens with one attached hydrogen (secondary N) is 1. The second-order valence-corrected chi connectivity index (χ2v) is 5.30. The van der Waals surface area contributed by atoms with Crippen LogP contribution in [0.25, 0.3) is 5.52 Å². The fraction of sp³-hybridized carbons (Fsp3) is 0.300. The van der Waals surface area contributed by atoms with E-state index in [0.717, 1.165) is 0 Å². The van der Waals surface area contributed by atoms with Crippen molar-refractivity contribution in [2.45, 2.75) is 11.3 Å². The highest BCUT2D eigenvalue weighted by Crippen LogP contribution is 2.12. The number of hydrogen-bond donors (Lipinski definition) is 1. The zero-order valence-corrected chi connectivity index (χ0v) is 9.82. The van der Waals surface area contributed by atoms with E-state index in [1.165, 1.54) is 12.1 Å². The first-order valence-corrected chi connectivity index (χ1v) is 6.59. The van der Waals surface area contributed by atoms with Crippen LogP contribution < -0.4 is 4.72 Å². The highest BCUT2D eigenvalue weighted by molar-refractivity contribution is 7.89. The van der Waals surface area contributed by atoms with E-state index in [1.807, 2.05) is 0 Å². The lowest BCUT2D eigenvalue weighted by atomic mass is 10.4. The Balaban J connectivity index is 2.25. The molecule has 7 heteroatoms. The molecule has 0 radical (unpaired) electrons. The van der Waals surface area contributed by atoms with Crippen LogP contribution in [0.5, 0.6) is 0 Å². The molecule has 2 heterocycles. The number of pyridine rings is 1. The van der Waals surface area contributed by atoms with Gasteiger partial charge in [-0.15, -0.1) is 0 Å². The average Bonchev–Trinajstić information content (AvgIpc) is 2.76. The molecule has 17 heavy (non-hydrogen) atoms. The molecule has 0 saturated heterocycles. The molecule has 0 aromatic carbocycles. The van der Waals surface area contributed by atoms with E-state index in [1.54, 1.807) is 23.1 Å². The van der Waals surface area contributed by atoms with Gasteiger partial charge in [0.25, 0.3) is 0 Å². The summed E-state index contributed by atoms with van der Waals surface area (Å²) >= 11 is 0. The minimum Gasteiger partial charge on any atom is -0.306 e. The first-order valence-electron chi connectivity index (χ1n) is 5.11. The van der Waals surface area contributed by atoms with Gasteiger partial charge in [0.15, 0.2) is 0 Å². The summed E-state index contributed by atoms with van der Waals surface area (Å²) in [5.41, 5.74) is 0.693. The van der Waals surface area contributed by atoms with E-state index in [9.17, 15) is 12.8 Å². The second kappa shape index (κ2) is 4.80. The van der Waals surface area contributed by atoms with Gasteiger partial charge in [0.05, 0.1) is 29.6 Å². The van der Waals surface area contributed by atoms with Gasteiger partial charge in [-0.25, -0.2) is 18.1 Å². The van der Waals surface area contributed by atoms with Crippen LogP contribution in [0.4, 0.5) is 4.39 Å². The van der Waals surface area contributed by atoms with Crippen LogP contribution in [0.15, 0.2) is 35.7 Å². The fourth-order valence-electron chi connectivity index (χ4n) is 1.42. The van der Waals surface area contributed by atoms with Crippen molar-refractivity contribution < 1.29 is 12.8 Å². The van der Waals surface area contributed by atoms with Gasteiger partial charge < -0.3 is 4.40 Å². The molecule has 0 atom stereocenters. The number of fused-ring (bicyclic) bond motifs is 1. The maximum atomic E-state index is 11.9. The first-order chi connectivity index (χ1) is 8.13. The Morgan fingerprint density at radius 3 is 3.06 bits per heavy atom. The molecule has 2 aromatic heterocycles. The predicted octanol–water partition coefficient (Wildman–Crippen LogP) is 0.972. The van der Waals surface area contributed by atoms with Crippen molar-refractivity contribution in [3.63, 3.8) is 0 Å². The highest BCUT2D eigenvalue weighted by atomic mass is 32.2. The molecule has 0 fully saturated rings. The minimum atomic E-state index is -3.56. The lowest BCUT2D eigenvalue weighted by molar-refractivity contribution is 0.470. The summed E-state index contributed by atoms with van der Waals surface area (Å²) < 4.78 is 39.6. The van der Waals surface area contributed by atoms with E-state index in [2.05, 4.69) is 9.71 Å². The van der Waals surface area contributed by atoms with Crippen molar-refractivity contribution >= 4 is 15.5 Å². The molecule has 2 aromatic rings. The average molecular weight is 257 g/mol. The molecular weight excluding hydrogens is 245 g/mol. The molecule has 0 aliphatic rings. The van der Waals surface area contributed by atoms with Crippen LogP contribution in [0.1, 0.15) is 6.42 Å². The van der Waals surface area contributed by atoms with Crippen molar-refractivity contribution in [1.29, 1.82) is 0 Å². The third-order valence-electron chi connectivity index (χ3n) is 2.30. The fourth-order valence-corrected chi connectivity index (χ4v) is 2.52. The lowest BCUT2D eigenvalue weighted by Crippen LogP contribution is -2.25. The predicted molar refractivity (Wildman–Crippen MR) is 61.0 cm³/mol. The SMILES string of the molecule is O=S(=O)(NCCCF)c1ccn2cncc2c1. The summed E-state index contributed by atoms with van der Waals surface area (Å²) in [5, 5.41) is 0. The second-order valence-electron chi connectivity index (χ2n) is 3.53. The van der Waals surface area contributed by atoms with Crippen LogP contribution in [-0.4, -0.2) is 31.0 Å². The van der Waals surface area contributed by atoms with Gasteiger partial charge in [0.2, 0.25) is 10.0 Å². The van der Waals surface area contributed by atoms with Crippen LogP contribution in [0.3, 0.4) is 0 Å². The topological polar surface area (TPSA) is 63.5 Å². The third kappa shape index (κ3) is 2.62. The Bertz CT molecular complexity index is 609. The quantitative estimate of drug-likeness (QED) is 0.812. The maximum absolute atomic E-state index is 11.9. The summed E-state index contributed by atoms with van der Waals surface area (Å²) in [6.45, 7) is -0.437. The molecule has 2 rings (SSSR count). The monoisotopic (exact) mass is 257 g/mol. The summed E-state index contributed by atoms with van der Waals surface area (Å²) in [6.07, 6.45) is 4.95. The molecule has 0 amide bonds. The number of halogens is 1. The Labute approximate surface area is 98.3 Å².